The van der Waals surface area contributed by atoms with Crippen LogP contribution < -0.4 is 16.0 Å². The fourth-order valence-electron chi connectivity index (χ4n) is 1.71. The van der Waals surface area contributed by atoms with Gasteiger partial charge in [-0.25, -0.2) is 0 Å². The Kier molecular flexibility index (Phi) is 3.50. The molecule has 2 rings (SSSR count). The number of nitrogens with two attached hydrogens (primary N) is 1. The van der Waals surface area contributed by atoms with Crippen molar-refractivity contribution in [1.82, 2.24) is 15.0 Å². The molecular formula is C13H18N6. The standard InChI is InChI=1S/C13H18N6/c1-8-5-6-10(9(2)7-8)15-12-16-11(14)17-13(18-12)19(3)4/h5-7H,1-4H3,(H3,14,15,16,17,18). The Balaban J connectivity index is 2.32. The number of benzene rings is 1. The van der Waals surface area contributed by atoms with Crippen molar-refractivity contribution in [2.24, 2.45) is 0 Å². The van der Waals surface area contributed by atoms with Gasteiger partial charge in [0.1, 0.15) is 0 Å². The van der Waals surface area contributed by atoms with Crippen molar-refractivity contribution in [3.63, 3.8) is 0 Å². The number of rotatable bonds is 3. The lowest BCUT2D eigenvalue weighted by atomic mass is 10.1. The van der Waals surface area contributed by atoms with E-state index in [1.165, 1.54) is 5.56 Å². The molecule has 0 fully saturated rings. The second kappa shape index (κ2) is 5.09. The van der Waals surface area contributed by atoms with Crippen LogP contribution in [-0.2, 0) is 0 Å². The highest BCUT2D eigenvalue weighted by Crippen LogP contribution is 2.20. The molecule has 0 saturated heterocycles. The van der Waals surface area contributed by atoms with Gasteiger partial charge in [-0.3, -0.25) is 0 Å². The Bertz CT molecular complexity index is 594. The minimum atomic E-state index is 0.200. The monoisotopic (exact) mass is 258 g/mol. The van der Waals surface area contributed by atoms with Crippen molar-refractivity contribution < 1.29 is 0 Å². The molecule has 0 aliphatic carbocycles. The predicted molar refractivity (Wildman–Crippen MR) is 77.8 cm³/mol. The molecule has 0 bridgehead atoms. The molecule has 0 atom stereocenters. The van der Waals surface area contributed by atoms with E-state index in [2.05, 4.69) is 33.3 Å². The molecule has 0 aliphatic rings. The summed E-state index contributed by atoms with van der Waals surface area (Å²) in [6.45, 7) is 4.09. The molecule has 19 heavy (non-hydrogen) atoms. The Morgan fingerprint density at radius 1 is 1.11 bits per heavy atom. The molecule has 6 heteroatoms. The maximum absolute atomic E-state index is 5.68. The van der Waals surface area contributed by atoms with Gasteiger partial charge < -0.3 is 16.0 Å². The van der Waals surface area contributed by atoms with Crippen LogP contribution in [0.3, 0.4) is 0 Å². The normalized spacial score (nSPS) is 10.3. The van der Waals surface area contributed by atoms with Crippen LogP contribution in [0.15, 0.2) is 18.2 Å². The molecule has 0 unspecified atom stereocenters. The first-order valence-corrected chi connectivity index (χ1v) is 5.99. The van der Waals surface area contributed by atoms with Gasteiger partial charge in [-0.2, -0.15) is 15.0 Å². The first kappa shape index (κ1) is 13.1. The predicted octanol–water partition coefficient (Wildman–Crippen LogP) is 1.88. The topological polar surface area (TPSA) is 80.0 Å². The van der Waals surface area contributed by atoms with Crippen molar-refractivity contribution in [1.29, 1.82) is 0 Å². The lowest BCUT2D eigenvalue weighted by Gasteiger charge is -2.13. The van der Waals surface area contributed by atoms with E-state index in [1.54, 1.807) is 4.90 Å². The van der Waals surface area contributed by atoms with Crippen LogP contribution in [0.25, 0.3) is 0 Å². The highest BCUT2D eigenvalue weighted by Gasteiger charge is 2.07. The Morgan fingerprint density at radius 3 is 2.47 bits per heavy atom. The molecule has 0 spiro atoms. The molecule has 100 valence electrons. The molecule has 0 radical (unpaired) electrons. The van der Waals surface area contributed by atoms with E-state index in [1.807, 2.05) is 33.2 Å². The summed E-state index contributed by atoms with van der Waals surface area (Å²) in [4.78, 5) is 14.2. The number of hydrogen-bond acceptors (Lipinski definition) is 6. The number of anilines is 4. The lowest BCUT2D eigenvalue weighted by molar-refractivity contribution is 0.969. The number of aromatic nitrogens is 3. The Labute approximate surface area is 112 Å². The Hall–Kier alpha value is -2.37. The van der Waals surface area contributed by atoms with E-state index in [9.17, 15) is 0 Å². The number of nitrogens with one attached hydrogen (secondary N) is 1. The fraction of sp³-hybridized carbons (Fsp3) is 0.308. The van der Waals surface area contributed by atoms with Gasteiger partial charge in [-0.05, 0) is 25.5 Å². The van der Waals surface area contributed by atoms with Crippen molar-refractivity contribution in [2.45, 2.75) is 13.8 Å². The summed E-state index contributed by atoms with van der Waals surface area (Å²) in [5, 5.41) is 3.17. The fourth-order valence-corrected chi connectivity index (χ4v) is 1.71. The van der Waals surface area contributed by atoms with E-state index in [4.69, 9.17) is 5.73 Å². The molecular weight excluding hydrogens is 240 g/mol. The zero-order valence-corrected chi connectivity index (χ0v) is 11.6. The molecule has 1 aromatic heterocycles. The summed E-state index contributed by atoms with van der Waals surface area (Å²) in [6.07, 6.45) is 0. The maximum Gasteiger partial charge on any atom is 0.233 e. The molecule has 3 N–H and O–H groups in total. The van der Waals surface area contributed by atoms with Crippen LogP contribution in [0.5, 0.6) is 0 Å². The Morgan fingerprint density at radius 2 is 1.84 bits per heavy atom. The summed E-state index contributed by atoms with van der Waals surface area (Å²) in [6, 6.07) is 6.13. The lowest BCUT2D eigenvalue weighted by Crippen LogP contribution is -2.15. The highest BCUT2D eigenvalue weighted by atomic mass is 15.3. The third kappa shape index (κ3) is 3.09. The summed E-state index contributed by atoms with van der Waals surface area (Å²) >= 11 is 0. The highest BCUT2D eigenvalue weighted by molar-refractivity contribution is 5.60. The summed E-state index contributed by atoms with van der Waals surface area (Å²) < 4.78 is 0. The largest absolute Gasteiger partial charge is 0.368 e. The second-order valence-corrected chi connectivity index (χ2v) is 4.66. The van der Waals surface area contributed by atoms with Gasteiger partial charge >= 0.3 is 0 Å². The zero-order chi connectivity index (χ0) is 14.0. The first-order chi connectivity index (χ1) is 8.95. The number of nitrogens with zero attached hydrogens (tertiary/aromatic N) is 4. The van der Waals surface area contributed by atoms with Gasteiger partial charge in [0.15, 0.2) is 0 Å². The van der Waals surface area contributed by atoms with Gasteiger partial charge in [0.2, 0.25) is 17.8 Å². The van der Waals surface area contributed by atoms with Crippen LogP contribution in [0.4, 0.5) is 23.5 Å². The van der Waals surface area contributed by atoms with Crippen molar-refractivity contribution in [3.8, 4) is 0 Å². The minimum Gasteiger partial charge on any atom is -0.368 e. The maximum atomic E-state index is 5.68. The van der Waals surface area contributed by atoms with Gasteiger partial charge in [0, 0.05) is 19.8 Å². The molecule has 0 aliphatic heterocycles. The number of aryl methyl sites for hydroxylation is 2. The minimum absolute atomic E-state index is 0.200. The van der Waals surface area contributed by atoms with E-state index >= 15 is 0 Å². The van der Waals surface area contributed by atoms with E-state index in [0.29, 0.717) is 11.9 Å². The van der Waals surface area contributed by atoms with E-state index in [0.717, 1.165) is 11.3 Å². The van der Waals surface area contributed by atoms with Gasteiger partial charge in [0.25, 0.3) is 0 Å². The molecule has 0 saturated carbocycles. The van der Waals surface area contributed by atoms with Crippen molar-refractivity contribution >= 4 is 23.5 Å². The van der Waals surface area contributed by atoms with Gasteiger partial charge in [-0.15, -0.1) is 0 Å². The molecule has 0 amide bonds. The molecule has 1 heterocycles. The van der Waals surface area contributed by atoms with Crippen molar-refractivity contribution in [3.05, 3.63) is 29.3 Å². The van der Waals surface area contributed by atoms with Crippen molar-refractivity contribution in [2.75, 3.05) is 30.0 Å². The number of hydrogen-bond donors (Lipinski definition) is 2. The van der Waals surface area contributed by atoms with Gasteiger partial charge in [0.05, 0.1) is 0 Å². The van der Waals surface area contributed by atoms with Crippen LogP contribution in [-0.4, -0.2) is 29.0 Å². The van der Waals surface area contributed by atoms with E-state index in [-0.39, 0.29) is 5.95 Å². The third-order valence-corrected chi connectivity index (χ3v) is 2.67. The first-order valence-electron chi connectivity index (χ1n) is 5.99. The average Bonchev–Trinajstić information content (AvgIpc) is 2.32. The second-order valence-electron chi connectivity index (χ2n) is 4.66. The smallest absolute Gasteiger partial charge is 0.233 e. The average molecular weight is 258 g/mol. The number of nitrogen functional groups attached to an aromatic ring is 1. The molecule has 6 nitrogen and oxygen atoms in total. The SMILES string of the molecule is Cc1ccc(Nc2nc(N)nc(N(C)C)n2)c(C)c1. The summed E-state index contributed by atoms with van der Waals surface area (Å²) in [5.41, 5.74) is 8.99. The molecule has 2 aromatic rings. The molecule has 1 aromatic carbocycles. The van der Waals surface area contributed by atoms with E-state index < -0.39 is 0 Å². The van der Waals surface area contributed by atoms with Crippen LogP contribution >= 0.6 is 0 Å². The zero-order valence-electron chi connectivity index (χ0n) is 11.6. The quantitative estimate of drug-likeness (QED) is 0.875. The summed E-state index contributed by atoms with van der Waals surface area (Å²) in [7, 11) is 3.71. The third-order valence-electron chi connectivity index (χ3n) is 2.67. The van der Waals surface area contributed by atoms with Crippen LogP contribution in [0, 0.1) is 13.8 Å². The van der Waals surface area contributed by atoms with Crippen LogP contribution in [0.2, 0.25) is 0 Å². The summed E-state index contributed by atoms with van der Waals surface area (Å²) in [5.74, 6) is 1.17. The van der Waals surface area contributed by atoms with Crippen LogP contribution in [0.1, 0.15) is 11.1 Å². The van der Waals surface area contributed by atoms with Gasteiger partial charge in [-0.1, -0.05) is 17.7 Å².